The average Bonchev–Trinajstić information content (AvgIpc) is 3.18. The lowest BCUT2D eigenvalue weighted by molar-refractivity contribution is -0.385. The number of ether oxygens (including phenoxy) is 3. The highest BCUT2D eigenvalue weighted by molar-refractivity contribution is 9.10. The number of carbonyl (C=O) groups is 1. The largest absolute Gasteiger partial charge is 0.493 e. The predicted octanol–water partition coefficient (Wildman–Crippen LogP) is 5.74. The first-order valence-electron chi connectivity index (χ1n) is 10.3. The predicted molar refractivity (Wildman–Crippen MR) is 130 cm³/mol. The summed E-state index contributed by atoms with van der Waals surface area (Å²) >= 11 is 3.44. The van der Waals surface area contributed by atoms with Gasteiger partial charge in [0.1, 0.15) is 12.4 Å². The summed E-state index contributed by atoms with van der Waals surface area (Å²) in [6.45, 7) is 1.74. The van der Waals surface area contributed by atoms with E-state index in [2.05, 4.69) is 20.9 Å². The number of benzene rings is 3. The number of cyclic esters (lactones) is 1. The summed E-state index contributed by atoms with van der Waals surface area (Å²) in [7, 11) is 1.47. The van der Waals surface area contributed by atoms with E-state index in [4.69, 9.17) is 14.2 Å². The number of aryl methyl sites for hydroxylation is 1. The molecule has 4 rings (SSSR count). The highest BCUT2D eigenvalue weighted by atomic mass is 79.9. The van der Waals surface area contributed by atoms with Gasteiger partial charge in [0.25, 0.3) is 5.69 Å². The summed E-state index contributed by atoms with van der Waals surface area (Å²) in [5, 5.41) is 11.2. The third-order valence-corrected chi connectivity index (χ3v) is 5.69. The van der Waals surface area contributed by atoms with Crippen molar-refractivity contribution in [1.82, 2.24) is 0 Å². The molecule has 1 heterocycles. The fourth-order valence-corrected chi connectivity index (χ4v) is 3.95. The molecule has 178 valence electrons. The lowest BCUT2D eigenvalue weighted by Crippen LogP contribution is -2.06. The van der Waals surface area contributed by atoms with Crippen LogP contribution in [0.15, 0.2) is 69.8 Å². The molecule has 0 amide bonds. The van der Waals surface area contributed by atoms with E-state index in [-0.39, 0.29) is 29.7 Å². The molecule has 10 heteroatoms. The Morgan fingerprint density at radius 2 is 2.00 bits per heavy atom. The second-order valence-electron chi connectivity index (χ2n) is 7.55. The SMILES string of the molecule is COc1cc(/C=C2\N=C(c3ccc(C)c([N+](=O)[O-])c3)OC2=O)cc(Br)c1OCc1cccc(F)c1. The van der Waals surface area contributed by atoms with Crippen LogP contribution in [0, 0.1) is 22.9 Å². The van der Waals surface area contributed by atoms with Gasteiger partial charge in [0, 0.05) is 17.2 Å². The van der Waals surface area contributed by atoms with E-state index < -0.39 is 10.9 Å². The number of carbonyl (C=O) groups excluding carboxylic acids is 1. The van der Waals surface area contributed by atoms with Gasteiger partial charge in [-0.05, 0) is 70.4 Å². The zero-order valence-electron chi connectivity index (χ0n) is 18.6. The molecule has 1 aliphatic rings. The summed E-state index contributed by atoms with van der Waals surface area (Å²) in [5.41, 5.74) is 1.94. The summed E-state index contributed by atoms with van der Waals surface area (Å²) in [6.07, 6.45) is 1.50. The molecule has 0 aromatic heterocycles. The van der Waals surface area contributed by atoms with Gasteiger partial charge in [0.05, 0.1) is 16.5 Å². The highest BCUT2D eigenvalue weighted by Gasteiger charge is 2.26. The van der Waals surface area contributed by atoms with E-state index in [1.54, 1.807) is 43.3 Å². The number of hydrogen-bond acceptors (Lipinski definition) is 7. The number of nitrogens with zero attached hydrogens (tertiary/aromatic N) is 2. The highest BCUT2D eigenvalue weighted by Crippen LogP contribution is 2.38. The van der Waals surface area contributed by atoms with E-state index in [0.29, 0.717) is 38.2 Å². The maximum absolute atomic E-state index is 13.4. The molecule has 0 saturated heterocycles. The van der Waals surface area contributed by atoms with Crippen LogP contribution < -0.4 is 9.47 Å². The lowest BCUT2D eigenvalue weighted by Gasteiger charge is -2.13. The maximum Gasteiger partial charge on any atom is 0.363 e. The Morgan fingerprint density at radius 3 is 2.71 bits per heavy atom. The Labute approximate surface area is 207 Å². The van der Waals surface area contributed by atoms with Crippen LogP contribution in [0.25, 0.3) is 6.08 Å². The first-order chi connectivity index (χ1) is 16.7. The molecule has 8 nitrogen and oxygen atoms in total. The van der Waals surface area contributed by atoms with Gasteiger partial charge >= 0.3 is 5.97 Å². The number of nitro groups is 1. The number of rotatable bonds is 7. The number of halogens is 2. The molecule has 3 aromatic carbocycles. The molecule has 0 unspecified atom stereocenters. The minimum absolute atomic E-state index is 0.0191. The molecule has 3 aromatic rings. The molecular formula is C25H18BrFN2O6. The van der Waals surface area contributed by atoms with Crippen LogP contribution in [0.4, 0.5) is 10.1 Å². The first kappa shape index (κ1) is 24.1. The van der Waals surface area contributed by atoms with Crippen LogP contribution in [0.2, 0.25) is 0 Å². The molecule has 35 heavy (non-hydrogen) atoms. The molecule has 0 aliphatic carbocycles. The molecule has 1 aliphatic heterocycles. The minimum Gasteiger partial charge on any atom is -0.493 e. The Morgan fingerprint density at radius 1 is 1.20 bits per heavy atom. The molecule has 0 spiro atoms. The van der Waals surface area contributed by atoms with Gasteiger partial charge in [-0.15, -0.1) is 0 Å². The maximum atomic E-state index is 13.4. The van der Waals surface area contributed by atoms with E-state index in [9.17, 15) is 19.3 Å². The van der Waals surface area contributed by atoms with Crippen LogP contribution in [0.5, 0.6) is 11.5 Å². The van der Waals surface area contributed by atoms with E-state index in [1.165, 1.54) is 31.4 Å². The standard InChI is InChI=1S/C25H18BrFN2O6/c1-14-6-7-17(12-21(14)29(31)32)24-28-20(25(30)35-24)10-16-9-19(26)23(22(11-16)33-2)34-13-15-4-3-5-18(27)8-15/h3-12H,13H2,1-2H3/b20-10-. The van der Waals surface area contributed by atoms with Crippen LogP contribution in [-0.4, -0.2) is 23.9 Å². The number of methoxy groups -OCH3 is 1. The van der Waals surface area contributed by atoms with Crippen LogP contribution in [-0.2, 0) is 16.1 Å². The summed E-state index contributed by atoms with van der Waals surface area (Å²) in [4.78, 5) is 27.3. The van der Waals surface area contributed by atoms with Crippen molar-refractivity contribution in [2.24, 2.45) is 4.99 Å². The van der Waals surface area contributed by atoms with Crippen LogP contribution >= 0.6 is 15.9 Å². The van der Waals surface area contributed by atoms with Crippen LogP contribution in [0.3, 0.4) is 0 Å². The normalized spacial score (nSPS) is 14.0. The molecule has 0 bridgehead atoms. The van der Waals surface area contributed by atoms with E-state index in [0.717, 1.165) is 0 Å². The number of nitro benzene ring substituents is 1. The van der Waals surface area contributed by atoms with Crippen LogP contribution in [0.1, 0.15) is 22.3 Å². The molecule has 0 N–H and O–H groups in total. The number of aliphatic imine (C=N–C) groups is 1. The van der Waals surface area contributed by atoms with Crippen molar-refractivity contribution in [2.75, 3.05) is 7.11 Å². The van der Waals surface area contributed by atoms with E-state index >= 15 is 0 Å². The van der Waals surface area contributed by atoms with Gasteiger partial charge in [0.15, 0.2) is 17.2 Å². The Hall–Kier alpha value is -4.05. The van der Waals surface area contributed by atoms with Gasteiger partial charge < -0.3 is 14.2 Å². The van der Waals surface area contributed by atoms with Gasteiger partial charge in [-0.1, -0.05) is 18.2 Å². The quantitative estimate of drug-likeness (QED) is 0.164. The zero-order chi connectivity index (χ0) is 25.1. The molecular weight excluding hydrogens is 523 g/mol. The molecule has 0 fully saturated rings. The zero-order valence-corrected chi connectivity index (χ0v) is 20.2. The third-order valence-electron chi connectivity index (χ3n) is 5.10. The molecule has 0 saturated carbocycles. The molecule has 0 atom stereocenters. The first-order valence-corrected chi connectivity index (χ1v) is 11.1. The summed E-state index contributed by atoms with van der Waals surface area (Å²) < 4.78 is 30.5. The van der Waals surface area contributed by atoms with Crippen molar-refractivity contribution in [2.45, 2.75) is 13.5 Å². The van der Waals surface area contributed by atoms with Crippen molar-refractivity contribution in [3.05, 3.63) is 103 Å². The minimum atomic E-state index is -0.690. The Bertz CT molecular complexity index is 1400. The number of hydrogen-bond donors (Lipinski definition) is 0. The van der Waals surface area contributed by atoms with Crippen molar-refractivity contribution in [3.8, 4) is 11.5 Å². The van der Waals surface area contributed by atoms with Crippen molar-refractivity contribution in [1.29, 1.82) is 0 Å². The Kier molecular flexibility index (Phi) is 6.92. The topological polar surface area (TPSA) is 100 Å². The van der Waals surface area contributed by atoms with Gasteiger partial charge in [-0.3, -0.25) is 10.1 Å². The molecule has 0 radical (unpaired) electrons. The fourth-order valence-electron chi connectivity index (χ4n) is 3.38. The summed E-state index contributed by atoms with van der Waals surface area (Å²) in [5.74, 6) is -0.283. The third kappa shape index (κ3) is 5.38. The summed E-state index contributed by atoms with van der Waals surface area (Å²) in [6, 6.07) is 13.9. The van der Waals surface area contributed by atoms with Gasteiger partial charge in [0.2, 0.25) is 5.90 Å². The average molecular weight is 541 g/mol. The van der Waals surface area contributed by atoms with Crippen molar-refractivity contribution in [3.63, 3.8) is 0 Å². The van der Waals surface area contributed by atoms with Crippen molar-refractivity contribution < 1.29 is 28.3 Å². The second-order valence-corrected chi connectivity index (χ2v) is 8.40. The lowest BCUT2D eigenvalue weighted by atomic mass is 10.1. The smallest absolute Gasteiger partial charge is 0.363 e. The second kappa shape index (κ2) is 10.1. The fraction of sp³-hybridized carbons (Fsp3) is 0.120. The van der Waals surface area contributed by atoms with Gasteiger partial charge in [-0.25, -0.2) is 14.2 Å². The Balaban J connectivity index is 1.61. The monoisotopic (exact) mass is 540 g/mol. The van der Waals surface area contributed by atoms with Crippen molar-refractivity contribution >= 4 is 39.6 Å². The van der Waals surface area contributed by atoms with E-state index in [1.807, 2.05) is 0 Å². The van der Waals surface area contributed by atoms with Gasteiger partial charge in [-0.2, -0.15) is 0 Å². The number of esters is 1.